The summed E-state index contributed by atoms with van der Waals surface area (Å²) in [5.74, 6) is -0.790. The number of carbonyl (C=O) groups excluding carboxylic acids is 1. The van der Waals surface area contributed by atoms with Gasteiger partial charge in [-0.2, -0.15) is 0 Å². The van der Waals surface area contributed by atoms with E-state index in [4.69, 9.17) is 9.47 Å². The van der Waals surface area contributed by atoms with Gasteiger partial charge in [0.25, 0.3) is 5.56 Å². The number of rotatable bonds is 10. The zero-order valence-corrected chi connectivity index (χ0v) is 20.4. The van der Waals surface area contributed by atoms with Crippen molar-refractivity contribution in [3.8, 4) is 5.75 Å². The van der Waals surface area contributed by atoms with Crippen LogP contribution in [0.5, 0.6) is 5.75 Å². The molecular formula is C24H29FN2O5Si. The number of halogens is 1. The third-order valence-corrected chi connectivity index (χ3v) is 7.11. The average molecular weight is 473 g/mol. The van der Waals surface area contributed by atoms with Gasteiger partial charge in [0.15, 0.2) is 12.0 Å². The lowest BCUT2D eigenvalue weighted by Gasteiger charge is -2.16. The number of benzene rings is 1. The standard InChI is InChI=1S/C24H29FN2O5Si/c1-27-21-10-16(12-26-22(21)23(29)20(13-28)24(27)30)9-17-5-6-19(25)11-18(17)14-32-15-31-7-8-33(2,3)4/h5-6,10-13,29H,7-9,14-15H2,1-4H3. The first kappa shape index (κ1) is 24.8. The molecule has 0 saturated heterocycles. The number of ether oxygens (including phenoxy) is 2. The number of hydrogen-bond acceptors (Lipinski definition) is 6. The third-order valence-electron chi connectivity index (χ3n) is 5.40. The number of carbonyl (C=O) groups is 1. The molecular weight excluding hydrogens is 443 g/mol. The number of aromatic nitrogens is 2. The first-order valence-electron chi connectivity index (χ1n) is 10.7. The molecule has 0 atom stereocenters. The lowest BCUT2D eigenvalue weighted by Crippen LogP contribution is -2.22. The fraction of sp³-hybridized carbons (Fsp3) is 0.375. The van der Waals surface area contributed by atoms with E-state index in [9.17, 15) is 19.1 Å². The van der Waals surface area contributed by atoms with Crippen LogP contribution in [-0.2, 0) is 29.5 Å². The molecule has 0 saturated carbocycles. The molecule has 3 rings (SSSR count). The van der Waals surface area contributed by atoms with Crippen molar-refractivity contribution in [2.45, 2.75) is 38.7 Å². The number of aromatic hydroxyl groups is 1. The fourth-order valence-corrected chi connectivity index (χ4v) is 4.18. The normalized spacial score (nSPS) is 11.8. The number of aldehydes is 1. The average Bonchev–Trinajstić information content (AvgIpc) is 2.76. The minimum Gasteiger partial charge on any atom is -0.505 e. The molecule has 2 aromatic heterocycles. The zero-order chi connectivity index (χ0) is 24.2. The Morgan fingerprint density at radius 2 is 1.94 bits per heavy atom. The Morgan fingerprint density at radius 3 is 2.64 bits per heavy atom. The number of hydrogen-bond donors (Lipinski definition) is 1. The number of nitrogens with zero attached hydrogens (tertiary/aromatic N) is 2. The van der Waals surface area contributed by atoms with Crippen LogP contribution < -0.4 is 5.56 Å². The Morgan fingerprint density at radius 1 is 1.18 bits per heavy atom. The highest BCUT2D eigenvalue weighted by Crippen LogP contribution is 2.25. The fourth-order valence-electron chi connectivity index (χ4n) is 3.42. The van der Waals surface area contributed by atoms with E-state index < -0.39 is 19.4 Å². The van der Waals surface area contributed by atoms with Gasteiger partial charge in [-0.3, -0.25) is 14.6 Å². The van der Waals surface area contributed by atoms with E-state index in [1.54, 1.807) is 18.3 Å². The highest BCUT2D eigenvalue weighted by atomic mass is 28.3. The molecule has 0 fully saturated rings. The van der Waals surface area contributed by atoms with E-state index in [1.807, 2.05) is 0 Å². The van der Waals surface area contributed by atoms with Crippen molar-refractivity contribution in [3.05, 3.63) is 68.9 Å². The van der Waals surface area contributed by atoms with Crippen LogP contribution in [0.1, 0.15) is 27.0 Å². The van der Waals surface area contributed by atoms with Gasteiger partial charge in [0.1, 0.15) is 23.7 Å². The molecule has 3 aromatic rings. The van der Waals surface area contributed by atoms with Crippen LogP contribution in [0.15, 0.2) is 35.3 Å². The molecule has 0 spiro atoms. The van der Waals surface area contributed by atoms with Gasteiger partial charge in [-0.1, -0.05) is 25.7 Å². The van der Waals surface area contributed by atoms with Gasteiger partial charge in [-0.25, -0.2) is 4.39 Å². The van der Waals surface area contributed by atoms with Crippen molar-refractivity contribution in [3.63, 3.8) is 0 Å². The maximum absolute atomic E-state index is 13.9. The molecule has 0 aliphatic heterocycles. The molecule has 0 amide bonds. The van der Waals surface area contributed by atoms with Crippen molar-refractivity contribution in [2.24, 2.45) is 7.05 Å². The van der Waals surface area contributed by atoms with Crippen LogP contribution in [0.4, 0.5) is 4.39 Å². The van der Waals surface area contributed by atoms with E-state index in [1.165, 1.54) is 23.7 Å². The van der Waals surface area contributed by atoms with E-state index in [0.717, 1.165) is 17.2 Å². The van der Waals surface area contributed by atoms with Gasteiger partial charge in [0.2, 0.25) is 0 Å². The molecule has 0 bridgehead atoms. The summed E-state index contributed by atoms with van der Waals surface area (Å²) in [5.41, 5.74) is 1.94. The minimum absolute atomic E-state index is 0.137. The molecule has 176 valence electrons. The Balaban J connectivity index is 1.77. The predicted molar refractivity (Wildman–Crippen MR) is 127 cm³/mol. The Hall–Kier alpha value is -2.88. The highest BCUT2D eigenvalue weighted by Gasteiger charge is 2.16. The molecule has 0 unspecified atom stereocenters. The summed E-state index contributed by atoms with van der Waals surface area (Å²) in [5, 5.41) is 10.2. The molecule has 0 aliphatic carbocycles. The summed E-state index contributed by atoms with van der Waals surface area (Å²) in [6, 6.07) is 7.28. The lowest BCUT2D eigenvalue weighted by molar-refractivity contribution is -0.0575. The lowest BCUT2D eigenvalue weighted by atomic mass is 10.0. The molecule has 7 nitrogen and oxygen atoms in total. The second-order valence-corrected chi connectivity index (χ2v) is 14.9. The van der Waals surface area contributed by atoms with Gasteiger partial charge in [-0.05, 0) is 47.4 Å². The van der Waals surface area contributed by atoms with Crippen molar-refractivity contribution in [1.29, 1.82) is 0 Å². The van der Waals surface area contributed by atoms with Crippen LogP contribution in [0.25, 0.3) is 11.0 Å². The number of fused-ring (bicyclic) bond motifs is 1. The summed E-state index contributed by atoms with van der Waals surface area (Å²) in [6.07, 6.45) is 2.31. The smallest absolute Gasteiger partial charge is 0.265 e. The van der Waals surface area contributed by atoms with Crippen molar-refractivity contribution in [2.75, 3.05) is 13.4 Å². The van der Waals surface area contributed by atoms with E-state index in [-0.39, 0.29) is 30.3 Å². The van der Waals surface area contributed by atoms with Gasteiger partial charge in [0, 0.05) is 27.9 Å². The molecule has 9 heteroatoms. The molecule has 0 radical (unpaired) electrons. The molecule has 33 heavy (non-hydrogen) atoms. The molecule has 1 aromatic carbocycles. The predicted octanol–water partition coefficient (Wildman–Crippen LogP) is 4.01. The van der Waals surface area contributed by atoms with E-state index >= 15 is 0 Å². The van der Waals surface area contributed by atoms with Gasteiger partial charge < -0.3 is 19.1 Å². The second-order valence-electron chi connectivity index (χ2n) is 9.23. The first-order valence-corrected chi connectivity index (χ1v) is 14.4. The van der Waals surface area contributed by atoms with Crippen molar-refractivity contribution in [1.82, 2.24) is 9.55 Å². The maximum Gasteiger partial charge on any atom is 0.265 e. The minimum atomic E-state index is -1.17. The summed E-state index contributed by atoms with van der Waals surface area (Å²) in [6.45, 7) is 7.81. The second kappa shape index (κ2) is 10.4. The molecule has 1 N–H and O–H groups in total. The third kappa shape index (κ3) is 6.13. The van der Waals surface area contributed by atoms with E-state index in [0.29, 0.717) is 30.4 Å². The number of pyridine rings is 2. The Kier molecular flexibility index (Phi) is 7.78. The first-order chi connectivity index (χ1) is 15.6. The summed E-state index contributed by atoms with van der Waals surface area (Å²) >= 11 is 0. The monoisotopic (exact) mass is 472 g/mol. The van der Waals surface area contributed by atoms with Crippen LogP contribution >= 0.6 is 0 Å². The van der Waals surface area contributed by atoms with Crippen LogP contribution in [0.2, 0.25) is 25.7 Å². The Labute approximate surface area is 192 Å². The van der Waals surface area contributed by atoms with Crippen LogP contribution in [0, 0.1) is 5.82 Å². The largest absolute Gasteiger partial charge is 0.505 e. The molecule has 0 aliphatic rings. The quantitative estimate of drug-likeness (QED) is 0.208. The SMILES string of the molecule is Cn1c(=O)c(C=O)c(O)c2ncc(Cc3ccc(F)cc3COCOCC[Si](C)(C)C)cc21. The van der Waals surface area contributed by atoms with Crippen LogP contribution in [0.3, 0.4) is 0 Å². The Bertz CT molecular complexity index is 1220. The van der Waals surface area contributed by atoms with E-state index in [2.05, 4.69) is 24.6 Å². The maximum atomic E-state index is 13.9. The van der Waals surface area contributed by atoms with Gasteiger partial charge >= 0.3 is 0 Å². The van der Waals surface area contributed by atoms with Gasteiger partial charge in [0.05, 0.1) is 12.1 Å². The van der Waals surface area contributed by atoms with Crippen LogP contribution in [-0.4, -0.2) is 42.4 Å². The number of aryl methyl sites for hydroxylation is 1. The highest BCUT2D eigenvalue weighted by molar-refractivity contribution is 6.76. The summed E-state index contributed by atoms with van der Waals surface area (Å²) < 4.78 is 26.3. The van der Waals surface area contributed by atoms with Crippen molar-refractivity contribution < 1.29 is 23.8 Å². The zero-order valence-electron chi connectivity index (χ0n) is 19.4. The molecule has 2 heterocycles. The summed E-state index contributed by atoms with van der Waals surface area (Å²) in [7, 11) is 0.348. The topological polar surface area (TPSA) is 90.7 Å². The van der Waals surface area contributed by atoms with Crippen molar-refractivity contribution >= 4 is 25.4 Å². The summed E-state index contributed by atoms with van der Waals surface area (Å²) in [4.78, 5) is 27.7. The van der Waals surface area contributed by atoms with Gasteiger partial charge in [-0.15, -0.1) is 0 Å².